The highest BCUT2D eigenvalue weighted by Gasteiger charge is 2.15. The van der Waals surface area contributed by atoms with E-state index in [0.717, 1.165) is 12.2 Å². The summed E-state index contributed by atoms with van der Waals surface area (Å²) in [5, 5.41) is 0. The fourth-order valence-corrected chi connectivity index (χ4v) is 1.58. The molecule has 0 aliphatic carbocycles. The van der Waals surface area contributed by atoms with Gasteiger partial charge in [0.15, 0.2) is 0 Å². The van der Waals surface area contributed by atoms with Crippen LogP contribution in [0.5, 0.6) is 5.75 Å². The van der Waals surface area contributed by atoms with Crippen molar-refractivity contribution < 1.29 is 9.53 Å². The summed E-state index contributed by atoms with van der Waals surface area (Å²) in [4.78, 5) is 13.4. The zero-order valence-electron chi connectivity index (χ0n) is 11.1. The number of carbonyl (C=O) groups is 1. The van der Waals surface area contributed by atoms with E-state index in [1.165, 1.54) is 0 Å². The summed E-state index contributed by atoms with van der Waals surface area (Å²) in [5.41, 5.74) is 5.69. The van der Waals surface area contributed by atoms with E-state index in [-0.39, 0.29) is 11.9 Å². The number of ether oxygens (including phenoxy) is 1. The lowest BCUT2D eigenvalue weighted by Gasteiger charge is -2.20. The summed E-state index contributed by atoms with van der Waals surface area (Å²) < 4.78 is 5.55. The Morgan fingerprint density at radius 3 is 2.67 bits per heavy atom. The summed E-state index contributed by atoms with van der Waals surface area (Å²) >= 11 is 0. The van der Waals surface area contributed by atoms with E-state index < -0.39 is 0 Å². The Balaban J connectivity index is 2.20. The third-order valence-corrected chi connectivity index (χ3v) is 2.78. The standard InChI is InChI=1S/C14H22N2O2/c1-3-13(15)14(17)16(2)10-7-11-18-12-8-5-4-6-9-12/h4-6,8-9,13H,3,7,10-11,15H2,1-2H3. The largest absolute Gasteiger partial charge is 0.494 e. The van der Waals surface area contributed by atoms with Crippen LogP contribution in [-0.4, -0.2) is 37.0 Å². The number of nitrogens with zero attached hydrogens (tertiary/aromatic N) is 1. The van der Waals surface area contributed by atoms with Crippen LogP contribution in [0, 0.1) is 0 Å². The van der Waals surface area contributed by atoms with Crippen LogP contribution in [0.1, 0.15) is 19.8 Å². The molecule has 0 spiro atoms. The highest BCUT2D eigenvalue weighted by atomic mass is 16.5. The fraction of sp³-hybridized carbons (Fsp3) is 0.500. The second-order valence-electron chi connectivity index (χ2n) is 4.29. The van der Waals surface area contributed by atoms with E-state index in [0.29, 0.717) is 19.6 Å². The summed E-state index contributed by atoms with van der Waals surface area (Å²) in [5.74, 6) is 0.856. The van der Waals surface area contributed by atoms with Gasteiger partial charge in [0.2, 0.25) is 5.91 Å². The smallest absolute Gasteiger partial charge is 0.239 e. The van der Waals surface area contributed by atoms with Gasteiger partial charge in [0.05, 0.1) is 12.6 Å². The van der Waals surface area contributed by atoms with Crippen molar-refractivity contribution in [3.05, 3.63) is 30.3 Å². The number of carbonyl (C=O) groups excluding carboxylic acids is 1. The van der Waals surface area contributed by atoms with Gasteiger partial charge in [-0.3, -0.25) is 4.79 Å². The van der Waals surface area contributed by atoms with Crippen LogP contribution in [0.3, 0.4) is 0 Å². The summed E-state index contributed by atoms with van der Waals surface area (Å²) in [7, 11) is 1.78. The molecule has 0 heterocycles. The molecule has 0 saturated carbocycles. The molecule has 1 amide bonds. The Bertz CT molecular complexity index is 354. The number of para-hydroxylation sites is 1. The lowest BCUT2D eigenvalue weighted by molar-refractivity contribution is -0.131. The molecule has 0 fully saturated rings. The third kappa shape index (κ3) is 4.75. The van der Waals surface area contributed by atoms with Crippen LogP contribution in [0.25, 0.3) is 0 Å². The molecule has 1 atom stereocenters. The van der Waals surface area contributed by atoms with Gasteiger partial charge in [-0.05, 0) is 25.0 Å². The van der Waals surface area contributed by atoms with Crippen molar-refractivity contribution in [1.29, 1.82) is 0 Å². The minimum absolute atomic E-state index is 0.00258. The molecule has 0 aliphatic rings. The molecule has 4 heteroatoms. The van der Waals surface area contributed by atoms with E-state index in [1.54, 1.807) is 11.9 Å². The van der Waals surface area contributed by atoms with Crippen molar-refractivity contribution in [3.63, 3.8) is 0 Å². The maximum absolute atomic E-state index is 11.7. The first-order valence-corrected chi connectivity index (χ1v) is 6.33. The molecule has 1 aromatic rings. The number of amides is 1. The number of hydrogen-bond acceptors (Lipinski definition) is 3. The molecule has 1 rings (SSSR count). The van der Waals surface area contributed by atoms with Crippen LogP contribution >= 0.6 is 0 Å². The van der Waals surface area contributed by atoms with Crippen LogP contribution in [0.15, 0.2) is 30.3 Å². The Labute approximate surface area is 109 Å². The van der Waals surface area contributed by atoms with Crippen LogP contribution in [0.4, 0.5) is 0 Å². The zero-order chi connectivity index (χ0) is 13.4. The second-order valence-corrected chi connectivity index (χ2v) is 4.29. The van der Waals surface area contributed by atoms with E-state index in [1.807, 2.05) is 37.3 Å². The van der Waals surface area contributed by atoms with Crippen molar-refractivity contribution in [3.8, 4) is 5.75 Å². The Kier molecular flexibility index (Phi) is 6.22. The normalized spacial score (nSPS) is 11.9. The SMILES string of the molecule is CCC(N)C(=O)N(C)CCCOc1ccccc1. The molecular weight excluding hydrogens is 228 g/mol. The van der Waals surface area contributed by atoms with Gasteiger partial charge in [0.25, 0.3) is 0 Å². The molecule has 0 saturated heterocycles. The molecule has 100 valence electrons. The van der Waals surface area contributed by atoms with E-state index in [9.17, 15) is 4.79 Å². The van der Waals surface area contributed by atoms with Crippen LogP contribution < -0.4 is 10.5 Å². The lowest BCUT2D eigenvalue weighted by atomic mass is 10.2. The summed E-state index contributed by atoms with van der Waals surface area (Å²) in [6, 6.07) is 9.27. The molecular formula is C14H22N2O2. The van der Waals surface area contributed by atoms with Crippen molar-refractivity contribution in [2.45, 2.75) is 25.8 Å². The summed E-state index contributed by atoms with van der Waals surface area (Å²) in [6.07, 6.45) is 1.47. The van der Waals surface area contributed by atoms with Crippen LogP contribution in [-0.2, 0) is 4.79 Å². The van der Waals surface area contributed by atoms with Gasteiger partial charge in [0, 0.05) is 13.6 Å². The molecule has 2 N–H and O–H groups in total. The van der Waals surface area contributed by atoms with Crippen molar-refractivity contribution >= 4 is 5.91 Å². The molecule has 4 nitrogen and oxygen atoms in total. The van der Waals surface area contributed by atoms with Gasteiger partial charge in [-0.1, -0.05) is 25.1 Å². The predicted octanol–water partition coefficient (Wildman–Crippen LogP) is 1.65. The first-order valence-electron chi connectivity index (χ1n) is 6.33. The van der Waals surface area contributed by atoms with Gasteiger partial charge in [0.1, 0.15) is 5.75 Å². The van der Waals surface area contributed by atoms with Gasteiger partial charge >= 0.3 is 0 Å². The number of likely N-dealkylation sites (N-methyl/N-ethyl adjacent to an activating group) is 1. The zero-order valence-corrected chi connectivity index (χ0v) is 11.1. The van der Waals surface area contributed by atoms with E-state index >= 15 is 0 Å². The maximum atomic E-state index is 11.7. The van der Waals surface area contributed by atoms with Crippen molar-refractivity contribution in [2.75, 3.05) is 20.2 Å². The van der Waals surface area contributed by atoms with Crippen LogP contribution in [0.2, 0.25) is 0 Å². The predicted molar refractivity (Wildman–Crippen MR) is 72.5 cm³/mol. The molecule has 0 bridgehead atoms. The summed E-state index contributed by atoms with van der Waals surface area (Å²) in [6.45, 7) is 3.18. The van der Waals surface area contributed by atoms with Crippen molar-refractivity contribution in [1.82, 2.24) is 4.90 Å². The monoisotopic (exact) mass is 250 g/mol. The molecule has 18 heavy (non-hydrogen) atoms. The van der Waals surface area contributed by atoms with Crippen molar-refractivity contribution in [2.24, 2.45) is 5.73 Å². The Morgan fingerprint density at radius 2 is 2.06 bits per heavy atom. The van der Waals surface area contributed by atoms with E-state index in [4.69, 9.17) is 10.5 Å². The lowest BCUT2D eigenvalue weighted by Crippen LogP contribution is -2.41. The van der Waals surface area contributed by atoms with Gasteiger partial charge in [-0.25, -0.2) is 0 Å². The topological polar surface area (TPSA) is 55.6 Å². The first-order chi connectivity index (χ1) is 8.65. The quantitative estimate of drug-likeness (QED) is 0.749. The van der Waals surface area contributed by atoms with Gasteiger partial charge < -0.3 is 15.4 Å². The maximum Gasteiger partial charge on any atom is 0.239 e. The van der Waals surface area contributed by atoms with Gasteiger partial charge in [-0.15, -0.1) is 0 Å². The number of benzene rings is 1. The highest BCUT2D eigenvalue weighted by molar-refractivity contribution is 5.81. The molecule has 1 unspecified atom stereocenters. The second kappa shape index (κ2) is 7.71. The van der Waals surface area contributed by atoms with Gasteiger partial charge in [-0.2, -0.15) is 0 Å². The number of nitrogens with two attached hydrogens (primary N) is 1. The minimum Gasteiger partial charge on any atom is -0.494 e. The molecule has 0 radical (unpaired) electrons. The Hall–Kier alpha value is -1.55. The minimum atomic E-state index is -0.384. The average Bonchev–Trinajstić information content (AvgIpc) is 2.42. The fourth-order valence-electron chi connectivity index (χ4n) is 1.58. The first kappa shape index (κ1) is 14.5. The number of hydrogen-bond donors (Lipinski definition) is 1. The molecule has 0 aromatic heterocycles. The number of rotatable bonds is 7. The highest BCUT2D eigenvalue weighted by Crippen LogP contribution is 2.08. The van der Waals surface area contributed by atoms with E-state index in [2.05, 4.69) is 0 Å². The molecule has 1 aromatic carbocycles. The molecule has 0 aliphatic heterocycles. The average molecular weight is 250 g/mol. The third-order valence-electron chi connectivity index (χ3n) is 2.78. The Morgan fingerprint density at radius 1 is 1.39 bits per heavy atom.